The van der Waals surface area contributed by atoms with Gasteiger partial charge in [-0.05, 0) is 75.7 Å². The summed E-state index contributed by atoms with van der Waals surface area (Å²) in [6, 6.07) is 17.8. The molecule has 2 N–H and O–H groups in total. The number of hydrogen-bond acceptors (Lipinski definition) is 8. The monoisotopic (exact) mass is 614 g/mol. The van der Waals surface area contributed by atoms with Crippen molar-refractivity contribution in [3.8, 4) is 11.8 Å². The number of fused-ring (bicyclic) bond motifs is 2. The van der Waals surface area contributed by atoms with Gasteiger partial charge in [0, 0.05) is 47.5 Å². The van der Waals surface area contributed by atoms with Gasteiger partial charge in [0.25, 0.3) is 0 Å². The van der Waals surface area contributed by atoms with Gasteiger partial charge < -0.3 is 15.4 Å². The maximum absolute atomic E-state index is 13.0. The number of carbonyl (C=O) groups is 1. The molecular weight excluding hydrogens is 576 g/mol. The van der Waals surface area contributed by atoms with Crippen molar-refractivity contribution < 1.29 is 9.53 Å². The topological polar surface area (TPSA) is 121 Å². The molecule has 2 aromatic carbocycles. The van der Waals surface area contributed by atoms with Gasteiger partial charge in [-0.3, -0.25) is 24.3 Å². The van der Waals surface area contributed by atoms with E-state index < -0.39 is 0 Å². The highest BCUT2D eigenvalue weighted by Gasteiger charge is 2.19. The molecule has 6 rings (SSSR count). The van der Waals surface area contributed by atoms with Gasteiger partial charge in [-0.2, -0.15) is 10.4 Å². The third-order valence-electron chi connectivity index (χ3n) is 8.12. The molecule has 5 aromatic rings. The molecule has 0 aliphatic carbocycles. The van der Waals surface area contributed by atoms with Crippen LogP contribution in [0.4, 0.5) is 17.1 Å². The highest BCUT2D eigenvalue weighted by molar-refractivity contribution is 6.05. The summed E-state index contributed by atoms with van der Waals surface area (Å²) in [5.41, 5.74) is 5.55. The van der Waals surface area contributed by atoms with E-state index in [1.54, 1.807) is 12.3 Å². The third-order valence-corrected chi connectivity index (χ3v) is 8.12. The van der Waals surface area contributed by atoms with E-state index in [1.807, 2.05) is 79.3 Å². The van der Waals surface area contributed by atoms with E-state index in [2.05, 4.69) is 26.6 Å². The molecule has 1 saturated heterocycles. The van der Waals surface area contributed by atoms with Crippen molar-refractivity contribution in [2.45, 2.75) is 46.1 Å². The zero-order valence-electron chi connectivity index (χ0n) is 26.3. The molecule has 0 bridgehead atoms. The fourth-order valence-electron chi connectivity index (χ4n) is 5.88. The molecule has 0 atom stereocenters. The Balaban J connectivity index is 1.33. The van der Waals surface area contributed by atoms with Gasteiger partial charge in [0.05, 0.1) is 52.5 Å². The smallest absolute Gasteiger partial charge is 0.248 e. The van der Waals surface area contributed by atoms with Crippen LogP contribution in [-0.4, -0.2) is 56.8 Å². The molecule has 1 aliphatic heterocycles. The van der Waals surface area contributed by atoms with Crippen LogP contribution in [0.25, 0.3) is 21.8 Å². The minimum Gasteiger partial charge on any atom is -0.492 e. The maximum atomic E-state index is 13.0. The number of nitriles is 1. The number of aryl methyl sites for hydroxylation is 1. The number of piperidine rings is 1. The molecule has 3 aromatic heterocycles. The number of nitrogens with one attached hydrogen (secondary N) is 2. The standard InChI is InChI=1S/C36H38N8O2/c1-3-30-29(22-37)36(39-26-13-14-31-25(19-26)23-44(42-31)24-27-11-6-7-15-38-27)28-20-33(34(46-4-2)21-32(28)40-30)41-35(45)12-10-18-43-16-8-5-9-17-43/h6-7,10-15,19-21,23H,3-5,8-9,16-18,24H2,1-2H3,(H,39,40)(H,41,45)/b12-10+. The molecule has 0 saturated carbocycles. The van der Waals surface area contributed by atoms with Crippen molar-refractivity contribution in [1.29, 1.82) is 5.26 Å². The number of rotatable bonds is 11. The molecule has 10 nitrogen and oxygen atoms in total. The summed E-state index contributed by atoms with van der Waals surface area (Å²) in [6.07, 6.45) is 11.5. The summed E-state index contributed by atoms with van der Waals surface area (Å²) < 4.78 is 7.82. The molecule has 46 heavy (non-hydrogen) atoms. The SMILES string of the molecule is CCOc1cc2nc(CC)c(C#N)c(Nc3ccc4nn(Cc5ccccn5)cc4c3)c2cc1NC(=O)/C=C/CN1CCCCC1. The zero-order chi connectivity index (χ0) is 31.9. The second-order valence-corrected chi connectivity index (χ2v) is 11.4. The van der Waals surface area contributed by atoms with E-state index in [1.165, 1.54) is 19.3 Å². The normalized spacial score (nSPS) is 13.7. The summed E-state index contributed by atoms with van der Waals surface area (Å²) in [4.78, 5) is 24.6. The highest BCUT2D eigenvalue weighted by Crippen LogP contribution is 2.38. The van der Waals surface area contributed by atoms with Crippen LogP contribution >= 0.6 is 0 Å². The van der Waals surface area contributed by atoms with Crippen molar-refractivity contribution in [2.24, 2.45) is 0 Å². The molecule has 1 fully saturated rings. The van der Waals surface area contributed by atoms with E-state index >= 15 is 0 Å². The molecule has 234 valence electrons. The number of pyridine rings is 2. The molecule has 4 heterocycles. The van der Waals surface area contributed by atoms with Crippen LogP contribution in [0, 0.1) is 11.3 Å². The number of anilines is 3. The second-order valence-electron chi connectivity index (χ2n) is 11.4. The first-order valence-corrected chi connectivity index (χ1v) is 15.9. The average Bonchev–Trinajstić information content (AvgIpc) is 3.47. The first-order valence-electron chi connectivity index (χ1n) is 15.9. The zero-order valence-corrected chi connectivity index (χ0v) is 26.3. The van der Waals surface area contributed by atoms with Crippen LogP contribution in [-0.2, 0) is 17.8 Å². The molecule has 0 unspecified atom stereocenters. The van der Waals surface area contributed by atoms with Gasteiger partial charge in [0.2, 0.25) is 5.91 Å². The number of carbonyl (C=O) groups excluding carboxylic acids is 1. The number of likely N-dealkylation sites (tertiary alicyclic amines) is 1. The quantitative estimate of drug-likeness (QED) is 0.160. The minimum absolute atomic E-state index is 0.237. The molecule has 1 aliphatic rings. The number of aromatic nitrogens is 4. The van der Waals surface area contributed by atoms with Gasteiger partial charge in [-0.1, -0.05) is 25.5 Å². The van der Waals surface area contributed by atoms with Crippen LogP contribution in [0.15, 0.2) is 73.1 Å². The van der Waals surface area contributed by atoms with Crippen molar-refractivity contribution in [2.75, 3.05) is 36.9 Å². The van der Waals surface area contributed by atoms with E-state index in [9.17, 15) is 10.1 Å². The lowest BCUT2D eigenvalue weighted by atomic mass is 10.0. The lowest BCUT2D eigenvalue weighted by Gasteiger charge is -2.24. The van der Waals surface area contributed by atoms with Gasteiger partial charge >= 0.3 is 0 Å². The van der Waals surface area contributed by atoms with Crippen molar-refractivity contribution in [1.82, 2.24) is 24.6 Å². The Morgan fingerprint density at radius 1 is 1.09 bits per heavy atom. The Morgan fingerprint density at radius 3 is 2.72 bits per heavy atom. The third kappa shape index (κ3) is 7.00. The van der Waals surface area contributed by atoms with Gasteiger partial charge in [0.1, 0.15) is 11.8 Å². The Kier molecular flexibility index (Phi) is 9.51. The predicted octanol–water partition coefficient (Wildman–Crippen LogP) is 6.58. The maximum Gasteiger partial charge on any atom is 0.248 e. The van der Waals surface area contributed by atoms with Crippen LogP contribution in [0.2, 0.25) is 0 Å². The average molecular weight is 615 g/mol. The van der Waals surface area contributed by atoms with Crippen molar-refractivity contribution in [3.05, 3.63) is 90.0 Å². The van der Waals surface area contributed by atoms with E-state index in [4.69, 9.17) is 14.8 Å². The summed E-state index contributed by atoms with van der Waals surface area (Å²) >= 11 is 0. The Morgan fingerprint density at radius 2 is 1.96 bits per heavy atom. The Hall–Kier alpha value is -5.27. The first-order chi connectivity index (χ1) is 22.5. The first kappa shape index (κ1) is 30.7. The summed E-state index contributed by atoms with van der Waals surface area (Å²) in [7, 11) is 0. The Labute approximate surface area is 268 Å². The number of benzene rings is 2. The minimum atomic E-state index is -0.237. The number of amides is 1. The van der Waals surface area contributed by atoms with E-state index in [-0.39, 0.29) is 5.91 Å². The van der Waals surface area contributed by atoms with Gasteiger partial charge in [-0.25, -0.2) is 0 Å². The molecular formula is C36H38N8O2. The van der Waals surface area contributed by atoms with Crippen LogP contribution in [0.1, 0.15) is 50.1 Å². The van der Waals surface area contributed by atoms with Crippen LogP contribution in [0.3, 0.4) is 0 Å². The van der Waals surface area contributed by atoms with Gasteiger partial charge in [0.15, 0.2) is 0 Å². The molecule has 0 radical (unpaired) electrons. The number of ether oxygens (including phenoxy) is 1. The largest absolute Gasteiger partial charge is 0.492 e. The Bertz CT molecular complexity index is 1920. The van der Waals surface area contributed by atoms with Gasteiger partial charge in [-0.15, -0.1) is 0 Å². The summed E-state index contributed by atoms with van der Waals surface area (Å²) in [6.45, 7) is 7.75. The highest BCUT2D eigenvalue weighted by atomic mass is 16.5. The van der Waals surface area contributed by atoms with Crippen LogP contribution in [0.5, 0.6) is 5.75 Å². The number of hydrogen-bond donors (Lipinski definition) is 2. The van der Waals surface area contributed by atoms with Crippen molar-refractivity contribution in [3.63, 3.8) is 0 Å². The number of nitrogens with zero attached hydrogens (tertiary/aromatic N) is 6. The molecule has 10 heteroatoms. The second kappa shape index (κ2) is 14.2. The van der Waals surface area contributed by atoms with E-state index in [0.717, 1.165) is 41.9 Å². The lowest BCUT2D eigenvalue weighted by molar-refractivity contribution is -0.111. The lowest BCUT2D eigenvalue weighted by Crippen LogP contribution is -2.29. The van der Waals surface area contributed by atoms with Crippen LogP contribution < -0.4 is 15.4 Å². The van der Waals surface area contributed by atoms with E-state index in [0.29, 0.717) is 58.9 Å². The summed E-state index contributed by atoms with van der Waals surface area (Å²) in [5.74, 6) is 0.290. The fourth-order valence-corrected chi connectivity index (χ4v) is 5.88. The summed E-state index contributed by atoms with van der Waals surface area (Å²) in [5, 5.41) is 23.2. The molecule has 1 amide bonds. The predicted molar refractivity (Wildman–Crippen MR) is 181 cm³/mol. The van der Waals surface area contributed by atoms with Crippen molar-refractivity contribution >= 4 is 44.8 Å². The molecule has 0 spiro atoms. The fraction of sp³-hybridized carbons (Fsp3) is 0.306.